The summed E-state index contributed by atoms with van der Waals surface area (Å²) in [6, 6.07) is 7.39. The summed E-state index contributed by atoms with van der Waals surface area (Å²) in [7, 11) is 0. The average Bonchev–Trinajstić information content (AvgIpc) is 2.37. The van der Waals surface area contributed by atoms with E-state index in [0.717, 1.165) is 5.69 Å². The number of carbonyl (C=O) groups excluding carboxylic acids is 2. The van der Waals surface area contributed by atoms with Gasteiger partial charge in [0.15, 0.2) is 0 Å². The molecule has 0 spiro atoms. The molecule has 4 heteroatoms. The van der Waals surface area contributed by atoms with E-state index in [1.54, 1.807) is 0 Å². The Balaban J connectivity index is 2.32. The lowest BCUT2D eigenvalue weighted by Gasteiger charge is -2.38. The summed E-state index contributed by atoms with van der Waals surface area (Å²) in [5.41, 5.74) is 2.16. The van der Waals surface area contributed by atoms with Gasteiger partial charge < -0.3 is 4.90 Å². The van der Waals surface area contributed by atoms with E-state index in [2.05, 4.69) is 31.3 Å². The summed E-state index contributed by atoms with van der Waals surface area (Å²) in [4.78, 5) is 25.3. The Morgan fingerprint density at radius 2 is 1.47 bits per heavy atom. The maximum absolute atomic E-state index is 11.7. The lowest BCUT2D eigenvalue weighted by Crippen LogP contribution is -2.61. The fourth-order valence-electron chi connectivity index (χ4n) is 2.40. The second-order valence-corrected chi connectivity index (χ2v) is 5.36. The van der Waals surface area contributed by atoms with Crippen molar-refractivity contribution < 1.29 is 9.59 Å². The number of piperazine rings is 1. The standard InChI is InChI=1S/C15H20N2O2/c1-9(2)12-5-7-13(8-6-12)17-10(3)14(18)16-15(19)11(17)4/h5-11H,1-4H3,(H,16,18,19). The van der Waals surface area contributed by atoms with Gasteiger partial charge in [-0.3, -0.25) is 14.9 Å². The first-order chi connectivity index (χ1) is 8.91. The van der Waals surface area contributed by atoms with Crippen molar-refractivity contribution in [3.63, 3.8) is 0 Å². The smallest absolute Gasteiger partial charge is 0.249 e. The molecule has 1 aliphatic rings. The van der Waals surface area contributed by atoms with Gasteiger partial charge in [0.2, 0.25) is 11.8 Å². The Morgan fingerprint density at radius 1 is 1.00 bits per heavy atom. The molecule has 0 bridgehead atoms. The molecule has 1 aliphatic heterocycles. The van der Waals surface area contributed by atoms with E-state index in [1.807, 2.05) is 30.9 Å². The van der Waals surface area contributed by atoms with Gasteiger partial charge in [0.1, 0.15) is 12.1 Å². The van der Waals surface area contributed by atoms with Crippen molar-refractivity contribution in [2.45, 2.75) is 45.7 Å². The molecule has 1 aromatic carbocycles. The minimum atomic E-state index is -0.336. The monoisotopic (exact) mass is 260 g/mol. The van der Waals surface area contributed by atoms with E-state index >= 15 is 0 Å². The number of rotatable bonds is 2. The molecule has 19 heavy (non-hydrogen) atoms. The third-order valence-corrected chi connectivity index (χ3v) is 3.70. The minimum Gasteiger partial charge on any atom is -0.348 e. The van der Waals surface area contributed by atoms with Gasteiger partial charge in [0, 0.05) is 5.69 Å². The van der Waals surface area contributed by atoms with Gasteiger partial charge in [-0.1, -0.05) is 26.0 Å². The number of amides is 2. The molecule has 1 heterocycles. The van der Waals surface area contributed by atoms with Crippen molar-refractivity contribution >= 4 is 17.5 Å². The molecule has 4 nitrogen and oxygen atoms in total. The van der Waals surface area contributed by atoms with Gasteiger partial charge in [-0.2, -0.15) is 0 Å². The zero-order valence-electron chi connectivity index (χ0n) is 11.8. The highest BCUT2D eigenvalue weighted by molar-refractivity contribution is 6.06. The predicted molar refractivity (Wildman–Crippen MR) is 75.1 cm³/mol. The van der Waals surface area contributed by atoms with Gasteiger partial charge in [-0.15, -0.1) is 0 Å². The molecule has 1 aromatic rings. The second-order valence-electron chi connectivity index (χ2n) is 5.36. The average molecular weight is 260 g/mol. The van der Waals surface area contributed by atoms with Crippen LogP contribution in [-0.4, -0.2) is 23.9 Å². The van der Waals surface area contributed by atoms with E-state index in [9.17, 15) is 9.59 Å². The summed E-state index contributed by atoms with van der Waals surface area (Å²) in [5, 5.41) is 2.39. The SMILES string of the molecule is CC(C)c1ccc(N2C(C)C(=O)NC(=O)C2C)cc1. The molecule has 1 N–H and O–H groups in total. The summed E-state index contributed by atoms with van der Waals surface area (Å²) >= 11 is 0. The van der Waals surface area contributed by atoms with Crippen LogP contribution in [0.2, 0.25) is 0 Å². The van der Waals surface area contributed by atoms with Gasteiger partial charge >= 0.3 is 0 Å². The number of hydrogen-bond donors (Lipinski definition) is 1. The highest BCUT2D eigenvalue weighted by Gasteiger charge is 2.36. The maximum atomic E-state index is 11.7. The predicted octanol–water partition coefficient (Wildman–Crippen LogP) is 2.05. The van der Waals surface area contributed by atoms with Crippen LogP contribution in [0, 0.1) is 0 Å². The van der Waals surface area contributed by atoms with Crippen molar-refractivity contribution in [3.8, 4) is 0 Å². The number of imide groups is 1. The molecule has 102 valence electrons. The first-order valence-corrected chi connectivity index (χ1v) is 6.65. The number of hydrogen-bond acceptors (Lipinski definition) is 3. The van der Waals surface area contributed by atoms with Crippen LogP contribution < -0.4 is 10.2 Å². The van der Waals surface area contributed by atoms with E-state index in [1.165, 1.54) is 5.56 Å². The Morgan fingerprint density at radius 3 is 1.89 bits per heavy atom. The highest BCUT2D eigenvalue weighted by Crippen LogP contribution is 2.25. The zero-order chi connectivity index (χ0) is 14.2. The Hall–Kier alpha value is -1.84. The number of nitrogens with zero attached hydrogens (tertiary/aromatic N) is 1. The van der Waals surface area contributed by atoms with Crippen LogP contribution in [0.1, 0.15) is 39.2 Å². The summed E-state index contributed by atoms with van der Waals surface area (Å²) in [5.74, 6) is -0.0118. The molecular formula is C15H20N2O2. The van der Waals surface area contributed by atoms with Crippen molar-refractivity contribution in [2.24, 2.45) is 0 Å². The number of anilines is 1. The number of benzene rings is 1. The van der Waals surface area contributed by atoms with Gasteiger partial charge in [0.05, 0.1) is 0 Å². The van der Waals surface area contributed by atoms with Crippen molar-refractivity contribution in [3.05, 3.63) is 29.8 Å². The van der Waals surface area contributed by atoms with E-state index < -0.39 is 0 Å². The minimum absolute atomic E-state index is 0.240. The fraction of sp³-hybridized carbons (Fsp3) is 0.467. The largest absolute Gasteiger partial charge is 0.348 e. The Kier molecular flexibility index (Phi) is 3.60. The third-order valence-electron chi connectivity index (χ3n) is 3.70. The van der Waals surface area contributed by atoms with Crippen molar-refractivity contribution in [2.75, 3.05) is 4.90 Å². The molecule has 0 saturated carbocycles. The van der Waals surface area contributed by atoms with E-state index in [0.29, 0.717) is 5.92 Å². The van der Waals surface area contributed by atoms with Crippen LogP contribution in [0.3, 0.4) is 0 Å². The molecule has 2 atom stereocenters. The number of nitrogens with one attached hydrogen (secondary N) is 1. The molecule has 0 aromatic heterocycles. The normalized spacial score (nSPS) is 23.7. The van der Waals surface area contributed by atoms with E-state index in [-0.39, 0.29) is 23.9 Å². The van der Waals surface area contributed by atoms with Crippen LogP contribution >= 0.6 is 0 Å². The van der Waals surface area contributed by atoms with Crippen molar-refractivity contribution in [1.82, 2.24) is 5.32 Å². The first-order valence-electron chi connectivity index (χ1n) is 6.65. The Labute approximate surface area is 113 Å². The number of carbonyl (C=O) groups is 2. The lowest BCUT2D eigenvalue weighted by atomic mass is 10.0. The van der Waals surface area contributed by atoms with Crippen LogP contribution in [-0.2, 0) is 9.59 Å². The van der Waals surface area contributed by atoms with Gasteiger partial charge in [-0.05, 0) is 37.5 Å². The molecule has 0 aliphatic carbocycles. The van der Waals surface area contributed by atoms with Crippen LogP contribution in [0.4, 0.5) is 5.69 Å². The molecular weight excluding hydrogens is 240 g/mol. The second kappa shape index (κ2) is 5.03. The summed E-state index contributed by atoms with van der Waals surface area (Å²) in [6.45, 7) is 7.90. The van der Waals surface area contributed by atoms with Gasteiger partial charge in [-0.25, -0.2) is 0 Å². The van der Waals surface area contributed by atoms with Gasteiger partial charge in [0.25, 0.3) is 0 Å². The topological polar surface area (TPSA) is 49.4 Å². The quantitative estimate of drug-likeness (QED) is 0.828. The molecule has 1 fully saturated rings. The van der Waals surface area contributed by atoms with Crippen molar-refractivity contribution in [1.29, 1.82) is 0 Å². The van der Waals surface area contributed by atoms with Crippen LogP contribution in [0.5, 0.6) is 0 Å². The lowest BCUT2D eigenvalue weighted by molar-refractivity contribution is -0.134. The summed E-state index contributed by atoms with van der Waals surface area (Å²) < 4.78 is 0. The molecule has 0 radical (unpaired) electrons. The van der Waals surface area contributed by atoms with Crippen LogP contribution in [0.15, 0.2) is 24.3 Å². The summed E-state index contributed by atoms with van der Waals surface area (Å²) in [6.07, 6.45) is 0. The fourth-order valence-corrected chi connectivity index (χ4v) is 2.40. The highest BCUT2D eigenvalue weighted by atomic mass is 16.2. The molecule has 2 unspecified atom stereocenters. The molecule has 1 saturated heterocycles. The maximum Gasteiger partial charge on any atom is 0.249 e. The first kappa shape index (κ1) is 13.6. The Bertz CT molecular complexity index is 473. The molecule has 2 rings (SSSR count). The van der Waals surface area contributed by atoms with E-state index in [4.69, 9.17) is 0 Å². The zero-order valence-corrected chi connectivity index (χ0v) is 11.8. The molecule has 2 amide bonds. The third kappa shape index (κ3) is 2.48. The van der Waals surface area contributed by atoms with Crippen LogP contribution in [0.25, 0.3) is 0 Å².